The summed E-state index contributed by atoms with van der Waals surface area (Å²) in [4.78, 5) is 12.8. The SMILES string of the molecule is Cc1cc(-c2ccc(CN3CCc4cc([N+](=O)[O-])ccc43)cc2)[nH]n1. The zero-order valence-corrected chi connectivity index (χ0v) is 13.9. The van der Waals surface area contributed by atoms with Crippen LogP contribution in [0.3, 0.4) is 0 Å². The summed E-state index contributed by atoms with van der Waals surface area (Å²) < 4.78 is 0. The summed E-state index contributed by atoms with van der Waals surface area (Å²) in [6, 6.07) is 15.6. The van der Waals surface area contributed by atoms with Crippen LogP contribution < -0.4 is 4.90 Å². The average Bonchev–Trinajstić information content (AvgIpc) is 3.22. The lowest BCUT2D eigenvalue weighted by Gasteiger charge is -2.19. The topological polar surface area (TPSA) is 75.1 Å². The number of hydrogen-bond donors (Lipinski definition) is 1. The van der Waals surface area contributed by atoms with Gasteiger partial charge < -0.3 is 4.90 Å². The summed E-state index contributed by atoms with van der Waals surface area (Å²) in [6.45, 7) is 3.65. The van der Waals surface area contributed by atoms with Crippen LogP contribution in [-0.2, 0) is 13.0 Å². The number of nitro benzene ring substituents is 1. The second-order valence-corrected chi connectivity index (χ2v) is 6.36. The maximum absolute atomic E-state index is 10.9. The highest BCUT2D eigenvalue weighted by Gasteiger charge is 2.21. The molecule has 0 atom stereocenters. The molecule has 0 saturated carbocycles. The van der Waals surface area contributed by atoms with Gasteiger partial charge in [0.05, 0.1) is 16.3 Å². The van der Waals surface area contributed by atoms with Gasteiger partial charge in [0.1, 0.15) is 0 Å². The Bertz CT molecular complexity index is 931. The summed E-state index contributed by atoms with van der Waals surface area (Å²) in [6.07, 6.45) is 0.850. The van der Waals surface area contributed by atoms with Crippen molar-refractivity contribution < 1.29 is 4.92 Å². The minimum Gasteiger partial charge on any atom is -0.367 e. The fourth-order valence-electron chi connectivity index (χ4n) is 3.31. The van der Waals surface area contributed by atoms with Crippen LogP contribution in [0.25, 0.3) is 11.3 Å². The van der Waals surface area contributed by atoms with E-state index in [1.165, 1.54) is 5.56 Å². The molecule has 6 nitrogen and oxygen atoms in total. The van der Waals surface area contributed by atoms with Crippen molar-refractivity contribution in [1.29, 1.82) is 0 Å². The van der Waals surface area contributed by atoms with Crippen LogP contribution in [-0.4, -0.2) is 21.7 Å². The zero-order chi connectivity index (χ0) is 17.4. The molecule has 0 radical (unpaired) electrons. The monoisotopic (exact) mass is 334 g/mol. The Morgan fingerprint density at radius 3 is 2.68 bits per heavy atom. The van der Waals surface area contributed by atoms with Gasteiger partial charge in [0.2, 0.25) is 0 Å². The maximum Gasteiger partial charge on any atom is 0.269 e. The van der Waals surface area contributed by atoms with Crippen LogP contribution >= 0.6 is 0 Å². The average molecular weight is 334 g/mol. The molecule has 0 unspecified atom stereocenters. The van der Waals surface area contributed by atoms with Crippen LogP contribution in [0, 0.1) is 17.0 Å². The number of nitrogens with one attached hydrogen (secondary N) is 1. The van der Waals surface area contributed by atoms with E-state index in [9.17, 15) is 10.1 Å². The molecule has 0 saturated heterocycles. The summed E-state index contributed by atoms with van der Waals surface area (Å²) >= 11 is 0. The Balaban J connectivity index is 1.51. The number of aromatic nitrogens is 2. The van der Waals surface area contributed by atoms with E-state index in [1.54, 1.807) is 12.1 Å². The van der Waals surface area contributed by atoms with Gasteiger partial charge in [0.15, 0.2) is 0 Å². The van der Waals surface area contributed by atoms with E-state index in [-0.39, 0.29) is 10.6 Å². The molecule has 1 N–H and O–H groups in total. The van der Waals surface area contributed by atoms with Gasteiger partial charge in [0, 0.05) is 30.9 Å². The number of H-pyrrole nitrogens is 1. The van der Waals surface area contributed by atoms with Crippen LogP contribution in [0.2, 0.25) is 0 Å². The van der Waals surface area contributed by atoms with E-state index >= 15 is 0 Å². The van der Waals surface area contributed by atoms with Gasteiger partial charge in [-0.05, 0) is 42.2 Å². The Labute approximate surface area is 145 Å². The van der Waals surface area contributed by atoms with Gasteiger partial charge in [-0.1, -0.05) is 24.3 Å². The number of fused-ring (bicyclic) bond motifs is 1. The van der Waals surface area contributed by atoms with Crippen molar-refractivity contribution in [1.82, 2.24) is 10.2 Å². The summed E-state index contributed by atoms with van der Waals surface area (Å²) in [5, 5.41) is 18.1. The van der Waals surface area contributed by atoms with E-state index in [0.29, 0.717) is 0 Å². The molecule has 2 heterocycles. The lowest BCUT2D eigenvalue weighted by atomic mass is 10.1. The molecule has 6 heteroatoms. The zero-order valence-electron chi connectivity index (χ0n) is 13.9. The summed E-state index contributed by atoms with van der Waals surface area (Å²) in [5.74, 6) is 0. The van der Waals surface area contributed by atoms with E-state index in [0.717, 1.165) is 47.7 Å². The van der Waals surface area contributed by atoms with Crippen LogP contribution in [0.4, 0.5) is 11.4 Å². The van der Waals surface area contributed by atoms with Gasteiger partial charge in [-0.25, -0.2) is 0 Å². The summed E-state index contributed by atoms with van der Waals surface area (Å²) in [7, 11) is 0. The molecule has 1 aromatic heterocycles. The molecule has 25 heavy (non-hydrogen) atoms. The van der Waals surface area contributed by atoms with Crippen molar-refractivity contribution in [3.8, 4) is 11.3 Å². The van der Waals surface area contributed by atoms with Crippen molar-refractivity contribution >= 4 is 11.4 Å². The number of nitro groups is 1. The van der Waals surface area contributed by atoms with Crippen molar-refractivity contribution in [3.05, 3.63) is 75.5 Å². The normalized spacial score (nSPS) is 13.1. The second kappa shape index (κ2) is 6.05. The highest BCUT2D eigenvalue weighted by atomic mass is 16.6. The largest absolute Gasteiger partial charge is 0.367 e. The number of rotatable bonds is 4. The lowest BCUT2D eigenvalue weighted by molar-refractivity contribution is -0.384. The quantitative estimate of drug-likeness (QED) is 0.581. The molecule has 0 spiro atoms. The third kappa shape index (κ3) is 2.98. The van der Waals surface area contributed by atoms with E-state index < -0.39 is 0 Å². The number of aromatic amines is 1. The molecule has 4 rings (SSSR count). The first-order valence-electron chi connectivity index (χ1n) is 8.24. The Morgan fingerprint density at radius 1 is 1.20 bits per heavy atom. The lowest BCUT2D eigenvalue weighted by Crippen LogP contribution is -2.19. The van der Waals surface area contributed by atoms with Crippen LogP contribution in [0.5, 0.6) is 0 Å². The van der Waals surface area contributed by atoms with Crippen molar-refractivity contribution in [2.75, 3.05) is 11.4 Å². The molecule has 126 valence electrons. The number of benzene rings is 2. The van der Waals surface area contributed by atoms with Gasteiger partial charge >= 0.3 is 0 Å². The number of anilines is 1. The third-order valence-electron chi connectivity index (χ3n) is 4.61. The van der Waals surface area contributed by atoms with Crippen molar-refractivity contribution in [2.24, 2.45) is 0 Å². The molecule has 0 amide bonds. The molecule has 0 fully saturated rings. The van der Waals surface area contributed by atoms with Gasteiger partial charge in [-0.2, -0.15) is 5.10 Å². The number of nitrogens with zero attached hydrogens (tertiary/aromatic N) is 3. The molecule has 3 aromatic rings. The first-order valence-corrected chi connectivity index (χ1v) is 8.24. The molecular weight excluding hydrogens is 316 g/mol. The molecule has 1 aliphatic heterocycles. The van der Waals surface area contributed by atoms with Crippen molar-refractivity contribution in [3.63, 3.8) is 0 Å². The van der Waals surface area contributed by atoms with Crippen LogP contribution in [0.15, 0.2) is 48.5 Å². The van der Waals surface area contributed by atoms with Gasteiger partial charge in [-0.15, -0.1) is 0 Å². The molecule has 0 bridgehead atoms. The van der Waals surface area contributed by atoms with Gasteiger partial charge in [0.25, 0.3) is 5.69 Å². The fraction of sp³-hybridized carbons (Fsp3) is 0.211. The first-order chi connectivity index (χ1) is 12.1. The molecule has 1 aliphatic rings. The number of non-ortho nitro benzene ring substituents is 1. The maximum atomic E-state index is 10.9. The van der Waals surface area contributed by atoms with Gasteiger partial charge in [-0.3, -0.25) is 15.2 Å². The predicted molar refractivity (Wildman–Crippen MR) is 96.6 cm³/mol. The second-order valence-electron chi connectivity index (χ2n) is 6.36. The summed E-state index contributed by atoms with van der Waals surface area (Å²) in [5.41, 5.74) is 6.63. The Kier molecular flexibility index (Phi) is 3.72. The Morgan fingerprint density at radius 2 is 2.00 bits per heavy atom. The molecular formula is C19H18N4O2. The molecule has 2 aromatic carbocycles. The Hall–Kier alpha value is -3.15. The van der Waals surface area contributed by atoms with E-state index in [1.807, 2.05) is 19.1 Å². The predicted octanol–water partition coefficient (Wildman–Crippen LogP) is 3.86. The fourth-order valence-corrected chi connectivity index (χ4v) is 3.31. The van der Waals surface area contributed by atoms with E-state index in [4.69, 9.17) is 0 Å². The highest BCUT2D eigenvalue weighted by Crippen LogP contribution is 2.32. The van der Waals surface area contributed by atoms with E-state index in [2.05, 4.69) is 39.4 Å². The third-order valence-corrected chi connectivity index (χ3v) is 4.61. The number of hydrogen-bond acceptors (Lipinski definition) is 4. The van der Waals surface area contributed by atoms with Crippen molar-refractivity contribution in [2.45, 2.75) is 19.9 Å². The minimum absolute atomic E-state index is 0.166. The molecule has 0 aliphatic carbocycles. The standard InChI is InChI=1S/C19H18N4O2/c1-13-10-18(21-20-13)15-4-2-14(3-5-15)12-22-9-8-16-11-17(23(24)25)6-7-19(16)22/h2-7,10-11H,8-9,12H2,1H3,(H,20,21). The smallest absolute Gasteiger partial charge is 0.269 e. The first kappa shape index (κ1) is 15.4. The van der Waals surface area contributed by atoms with Crippen LogP contribution in [0.1, 0.15) is 16.8 Å². The minimum atomic E-state index is -0.334. The number of aryl methyl sites for hydroxylation is 1. The highest BCUT2D eigenvalue weighted by molar-refractivity contribution is 5.63.